The summed E-state index contributed by atoms with van der Waals surface area (Å²) in [6, 6.07) is 18.9. The van der Waals surface area contributed by atoms with E-state index in [-0.39, 0.29) is 12.5 Å². The van der Waals surface area contributed by atoms with Crippen molar-refractivity contribution in [2.75, 3.05) is 6.61 Å². The summed E-state index contributed by atoms with van der Waals surface area (Å²) in [5, 5.41) is 6.07. The van der Waals surface area contributed by atoms with Gasteiger partial charge in [0, 0.05) is 16.6 Å². The molecule has 0 aromatic heterocycles. The molecule has 1 amide bonds. The Balaban J connectivity index is 1.54. The highest BCUT2D eigenvalue weighted by molar-refractivity contribution is 6.35. The molecule has 0 fully saturated rings. The van der Waals surface area contributed by atoms with E-state index in [2.05, 4.69) is 5.32 Å². The largest absolute Gasteiger partial charge is 0.484 e. The molecule has 0 radical (unpaired) electrons. The lowest BCUT2D eigenvalue weighted by atomic mass is 10.1. The van der Waals surface area contributed by atoms with Crippen LogP contribution in [0.4, 0.5) is 0 Å². The third-order valence-corrected chi connectivity index (χ3v) is 4.17. The first kappa shape index (κ1) is 16.6. The maximum absolute atomic E-state index is 11.9. The summed E-state index contributed by atoms with van der Waals surface area (Å²) < 4.78 is 5.55. The first-order valence-electron chi connectivity index (χ1n) is 7.44. The molecule has 1 N–H and O–H groups in total. The van der Waals surface area contributed by atoms with Gasteiger partial charge in [-0.05, 0) is 40.6 Å². The van der Waals surface area contributed by atoms with Crippen LogP contribution in [0.3, 0.4) is 0 Å². The lowest BCUT2D eigenvalue weighted by Gasteiger charge is -2.09. The zero-order valence-electron chi connectivity index (χ0n) is 12.8. The van der Waals surface area contributed by atoms with Crippen LogP contribution in [0.5, 0.6) is 5.75 Å². The van der Waals surface area contributed by atoms with Crippen LogP contribution in [-0.2, 0) is 11.3 Å². The van der Waals surface area contributed by atoms with E-state index in [1.54, 1.807) is 18.2 Å². The minimum Gasteiger partial charge on any atom is -0.484 e. The first-order valence-corrected chi connectivity index (χ1v) is 8.19. The standard InChI is InChI=1S/C19H15Cl2NO2/c20-16-7-5-15(18(21)10-16)11-22-19(23)12-24-17-8-6-13-3-1-2-4-14(13)9-17/h1-10H,11-12H2,(H,22,23). The van der Waals surface area contributed by atoms with Crippen molar-refractivity contribution in [2.24, 2.45) is 0 Å². The second-order valence-corrected chi connectivity index (χ2v) is 6.15. The zero-order valence-corrected chi connectivity index (χ0v) is 14.3. The summed E-state index contributed by atoms with van der Waals surface area (Å²) in [5.74, 6) is 0.447. The minimum absolute atomic E-state index is 0.0520. The molecular formula is C19H15Cl2NO2. The number of ether oxygens (including phenoxy) is 1. The van der Waals surface area contributed by atoms with Gasteiger partial charge in [-0.25, -0.2) is 0 Å². The van der Waals surface area contributed by atoms with Gasteiger partial charge in [0.2, 0.25) is 0 Å². The highest BCUT2D eigenvalue weighted by atomic mass is 35.5. The third kappa shape index (κ3) is 4.19. The Morgan fingerprint density at radius 3 is 2.54 bits per heavy atom. The Labute approximate surface area is 150 Å². The SMILES string of the molecule is O=C(COc1ccc2ccccc2c1)NCc1ccc(Cl)cc1Cl. The van der Waals surface area contributed by atoms with Crippen molar-refractivity contribution in [3.05, 3.63) is 76.3 Å². The quantitative estimate of drug-likeness (QED) is 0.707. The van der Waals surface area contributed by atoms with Crippen LogP contribution in [0.15, 0.2) is 60.7 Å². The van der Waals surface area contributed by atoms with Crippen LogP contribution in [-0.4, -0.2) is 12.5 Å². The number of hydrogen-bond donors (Lipinski definition) is 1. The van der Waals surface area contributed by atoms with E-state index >= 15 is 0 Å². The Morgan fingerprint density at radius 2 is 1.75 bits per heavy atom. The van der Waals surface area contributed by atoms with Crippen LogP contribution < -0.4 is 10.1 Å². The summed E-state index contributed by atoms with van der Waals surface area (Å²) in [6.07, 6.45) is 0. The lowest BCUT2D eigenvalue weighted by Crippen LogP contribution is -2.28. The zero-order chi connectivity index (χ0) is 16.9. The van der Waals surface area contributed by atoms with Crippen LogP contribution >= 0.6 is 23.2 Å². The summed E-state index contributed by atoms with van der Waals surface area (Å²) in [6.45, 7) is 0.277. The highest BCUT2D eigenvalue weighted by Gasteiger charge is 2.06. The predicted molar refractivity (Wildman–Crippen MR) is 97.8 cm³/mol. The molecule has 3 rings (SSSR count). The van der Waals surface area contributed by atoms with Gasteiger partial charge in [0.15, 0.2) is 6.61 Å². The van der Waals surface area contributed by atoms with Crippen LogP contribution in [0, 0.1) is 0 Å². The molecule has 0 unspecified atom stereocenters. The Kier molecular flexibility index (Phi) is 5.24. The molecule has 24 heavy (non-hydrogen) atoms. The van der Waals surface area contributed by atoms with Crippen molar-refractivity contribution in [3.8, 4) is 5.75 Å². The summed E-state index contributed by atoms with van der Waals surface area (Å²) in [4.78, 5) is 11.9. The smallest absolute Gasteiger partial charge is 0.258 e. The fraction of sp³-hybridized carbons (Fsp3) is 0.105. The van der Waals surface area contributed by atoms with E-state index in [0.717, 1.165) is 16.3 Å². The fourth-order valence-electron chi connectivity index (χ4n) is 2.32. The summed E-state index contributed by atoms with van der Waals surface area (Å²) in [5.41, 5.74) is 0.806. The van der Waals surface area contributed by atoms with Gasteiger partial charge in [0.1, 0.15) is 5.75 Å². The number of benzene rings is 3. The molecule has 122 valence electrons. The van der Waals surface area contributed by atoms with Gasteiger partial charge in [-0.2, -0.15) is 0 Å². The van der Waals surface area contributed by atoms with Gasteiger partial charge in [-0.15, -0.1) is 0 Å². The van der Waals surface area contributed by atoms with Gasteiger partial charge in [-0.1, -0.05) is 59.6 Å². The Hall–Kier alpha value is -2.23. The number of hydrogen-bond acceptors (Lipinski definition) is 2. The molecular weight excluding hydrogens is 345 g/mol. The molecule has 0 aliphatic rings. The van der Waals surface area contributed by atoms with Crippen molar-refractivity contribution in [3.63, 3.8) is 0 Å². The van der Waals surface area contributed by atoms with Gasteiger partial charge in [0.05, 0.1) is 0 Å². The predicted octanol–water partition coefficient (Wildman–Crippen LogP) is 4.84. The normalized spacial score (nSPS) is 10.6. The number of carbonyl (C=O) groups excluding carboxylic acids is 1. The molecule has 5 heteroatoms. The summed E-state index contributed by atoms with van der Waals surface area (Å²) >= 11 is 11.9. The third-order valence-electron chi connectivity index (χ3n) is 3.58. The topological polar surface area (TPSA) is 38.3 Å². The molecule has 0 saturated carbocycles. The molecule has 0 aliphatic heterocycles. The Bertz CT molecular complexity index is 880. The monoisotopic (exact) mass is 359 g/mol. The molecule has 0 saturated heterocycles. The molecule has 0 aliphatic carbocycles. The van der Waals surface area contributed by atoms with E-state index in [1.165, 1.54) is 0 Å². The Morgan fingerprint density at radius 1 is 0.958 bits per heavy atom. The molecule has 0 atom stereocenters. The van der Waals surface area contributed by atoms with E-state index in [4.69, 9.17) is 27.9 Å². The highest BCUT2D eigenvalue weighted by Crippen LogP contribution is 2.21. The fourth-order valence-corrected chi connectivity index (χ4v) is 2.79. The maximum Gasteiger partial charge on any atom is 0.258 e. The maximum atomic E-state index is 11.9. The van der Waals surface area contributed by atoms with Gasteiger partial charge in [0.25, 0.3) is 5.91 Å². The average Bonchev–Trinajstić information content (AvgIpc) is 2.59. The minimum atomic E-state index is -0.214. The van der Waals surface area contributed by atoms with Crippen molar-refractivity contribution >= 4 is 39.9 Å². The van der Waals surface area contributed by atoms with Crippen LogP contribution in [0.1, 0.15) is 5.56 Å². The second-order valence-electron chi connectivity index (χ2n) is 5.31. The molecule has 0 spiro atoms. The number of nitrogens with one attached hydrogen (secondary N) is 1. The lowest BCUT2D eigenvalue weighted by molar-refractivity contribution is -0.123. The van der Waals surface area contributed by atoms with Crippen molar-refractivity contribution < 1.29 is 9.53 Å². The number of rotatable bonds is 5. The van der Waals surface area contributed by atoms with Crippen LogP contribution in [0.2, 0.25) is 10.0 Å². The number of carbonyl (C=O) groups is 1. The van der Waals surface area contributed by atoms with Crippen molar-refractivity contribution in [1.82, 2.24) is 5.32 Å². The van der Waals surface area contributed by atoms with Crippen molar-refractivity contribution in [1.29, 1.82) is 0 Å². The molecule has 3 nitrogen and oxygen atoms in total. The van der Waals surface area contributed by atoms with Gasteiger partial charge < -0.3 is 10.1 Å². The van der Waals surface area contributed by atoms with Crippen molar-refractivity contribution in [2.45, 2.75) is 6.54 Å². The van der Waals surface area contributed by atoms with E-state index in [1.807, 2.05) is 42.5 Å². The second kappa shape index (κ2) is 7.56. The molecule has 3 aromatic rings. The molecule has 0 heterocycles. The van der Waals surface area contributed by atoms with E-state index in [9.17, 15) is 4.79 Å². The summed E-state index contributed by atoms with van der Waals surface area (Å²) in [7, 11) is 0. The number of amides is 1. The van der Waals surface area contributed by atoms with Gasteiger partial charge in [-0.3, -0.25) is 4.79 Å². The molecule has 3 aromatic carbocycles. The van der Waals surface area contributed by atoms with Crippen LogP contribution in [0.25, 0.3) is 10.8 Å². The van der Waals surface area contributed by atoms with Gasteiger partial charge >= 0.3 is 0 Å². The average molecular weight is 360 g/mol. The van der Waals surface area contributed by atoms with E-state index < -0.39 is 0 Å². The molecule has 0 bridgehead atoms. The van der Waals surface area contributed by atoms with E-state index in [0.29, 0.717) is 22.3 Å². The number of halogens is 2. The first-order chi connectivity index (χ1) is 11.6. The number of fused-ring (bicyclic) bond motifs is 1.